The first-order valence-corrected chi connectivity index (χ1v) is 17.9. The van der Waals surface area contributed by atoms with E-state index in [0.717, 1.165) is 37.7 Å². The molecule has 4 N–H and O–H groups in total. The lowest BCUT2D eigenvalue weighted by atomic mass is 9.60. The lowest BCUT2D eigenvalue weighted by molar-refractivity contribution is -0.207. The van der Waals surface area contributed by atoms with Crippen LogP contribution in [0.15, 0.2) is 24.3 Å². The second-order valence-corrected chi connectivity index (χ2v) is 15.7. The quantitative estimate of drug-likeness (QED) is 0.142. The topological polar surface area (TPSA) is 93.5 Å². The summed E-state index contributed by atoms with van der Waals surface area (Å²) in [6.45, 7) is 12.1. The summed E-state index contributed by atoms with van der Waals surface area (Å²) in [7, 11) is 0. The van der Waals surface area contributed by atoms with Crippen molar-refractivity contribution in [3.05, 3.63) is 46.5 Å². The molecule has 2 saturated carbocycles. The van der Waals surface area contributed by atoms with Crippen LogP contribution in [0.4, 0.5) is 13.2 Å². The fourth-order valence-corrected chi connectivity index (χ4v) is 9.50. The van der Waals surface area contributed by atoms with Crippen molar-refractivity contribution in [1.29, 1.82) is 0 Å². The first-order chi connectivity index (χ1) is 22.1. The van der Waals surface area contributed by atoms with Gasteiger partial charge in [-0.2, -0.15) is 13.2 Å². The average molecular weight is 661 g/mol. The summed E-state index contributed by atoms with van der Waals surface area (Å²) in [4.78, 5) is 0. The molecular formula is C39H55F3O5. The van der Waals surface area contributed by atoms with Crippen molar-refractivity contribution in [1.82, 2.24) is 0 Å². The molecule has 0 bridgehead atoms. The van der Waals surface area contributed by atoms with Crippen LogP contribution >= 0.6 is 0 Å². The zero-order valence-corrected chi connectivity index (χ0v) is 28.9. The number of unbranched alkanes of at least 4 members (excludes halogenated alkanes) is 1. The Labute approximate surface area is 278 Å². The molecule has 47 heavy (non-hydrogen) atoms. The molecule has 2 aromatic carbocycles. The van der Waals surface area contributed by atoms with Gasteiger partial charge >= 0.3 is 6.18 Å². The largest absolute Gasteiger partial charge is 0.508 e. The van der Waals surface area contributed by atoms with Crippen molar-refractivity contribution in [2.45, 2.75) is 135 Å². The number of aromatic hydroxyl groups is 4. The Morgan fingerprint density at radius 3 is 1.89 bits per heavy atom. The van der Waals surface area contributed by atoms with E-state index in [1.807, 2.05) is 13.8 Å². The molecular weight excluding hydrogens is 605 g/mol. The maximum absolute atomic E-state index is 14.6. The van der Waals surface area contributed by atoms with Gasteiger partial charge in [0.25, 0.3) is 0 Å². The highest BCUT2D eigenvalue weighted by molar-refractivity contribution is 5.51. The Kier molecular flexibility index (Phi) is 10.4. The molecule has 5 nitrogen and oxygen atoms in total. The van der Waals surface area contributed by atoms with Crippen LogP contribution in [0.2, 0.25) is 0 Å². The number of halogens is 3. The third kappa shape index (κ3) is 7.23. The number of alkyl halides is 3. The summed E-state index contributed by atoms with van der Waals surface area (Å²) >= 11 is 0. The maximum Gasteiger partial charge on any atom is 0.392 e. The van der Waals surface area contributed by atoms with Crippen LogP contribution in [0, 0.1) is 35.5 Å². The molecule has 1 heterocycles. The number of phenols is 4. The Morgan fingerprint density at radius 2 is 1.36 bits per heavy atom. The van der Waals surface area contributed by atoms with E-state index in [1.54, 1.807) is 19.1 Å². The maximum atomic E-state index is 14.6. The van der Waals surface area contributed by atoms with Crippen LogP contribution in [0.1, 0.15) is 127 Å². The van der Waals surface area contributed by atoms with Gasteiger partial charge in [0.05, 0.1) is 17.6 Å². The van der Waals surface area contributed by atoms with E-state index in [1.165, 1.54) is 12.1 Å². The van der Waals surface area contributed by atoms with E-state index in [9.17, 15) is 33.6 Å². The van der Waals surface area contributed by atoms with Crippen LogP contribution in [0.25, 0.3) is 0 Å². The van der Waals surface area contributed by atoms with Gasteiger partial charge in [-0.3, -0.25) is 0 Å². The zero-order valence-electron chi connectivity index (χ0n) is 28.9. The number of hydrogen-bond donors (Lipinski definition) is 4. The zero-order chi connectivity index (χ0) is 34.4. The molecule has 0 spiro atoms. The van der Waals surface area contributed by atoms with Crippen LogP contribution < -0.4 is 0 Å². The number of epoxide rings is 1. The number of aryl methyl sites for hydroxylation is 2. The molecule has 2 aromatic rings. The minimum Gasteiger partial charge on any atom is -0.508 e. The highest BCUT2D eigenvalue weighted by atomic mass is 19.4. The standard InChI is InChI=1S/C39H55F3O5/c1-7-10-24-17-28(43)34(29(44)18-24)32-27(14-13-23(5)36(32)39(40,41)42)22(4)11-8-9-12-25-19-30(45)35(31(46)20-25)33-26(21(2)3)15-16-38(6)37(33)47-38/h17-23,26-27,32-33,36-37,43-46H,7-16H2,1-6H3. The number of hydrogen-bond acceptors (Lipinski definition) is 5. The molecule has 9 atom stereocenters. The summed E-state index contributed by atoms with van der Waals surface area (Å²) in [5.74, 6) is -3.36. The van der Waals surface area contributed by atoms with Gasteiger partial charge in [0.2, 0.25) is 0 Å². The summed E-state index contributed by atoms with van der Waals surface area (Å²) in [6, 6.07) is 6.56. The second-order valence-electron chi connectivity index (χ2n) is 15.7. The highest BCUT2D eigenvalue weighted by Gasteiger charge is 2.62. The van der Waals surface area contributed by atoms with Crippen molar-refractivity contribution in [3.63, 3.8) is 0 Å². The fourth-order valence-electron chi connectivity index (χ4n) is 9.50. The van der Waals surface area contributed by atoms with Gasteiger partial charge in [0, 0.05) is 23.0 Å². The van der Waals surface area contributed by atoms with Gasteiger partial charge in [-0.1, -0.05) is 53.9 Å². The molecule has 9 unspecified atom stereocenters. The predicted octanol–water partition coefficient (Wildman–Crippen LogP) is 10.1. The van der Waals surface area contributed by atoms with Gasteiger partial charge in [-0.15, -0.1) is 0 Å². The molecule has 0 radical (unpaired) electrons. The second kappa shape index (κ2) is 13.7. The molecule has 1 aliphatic heterocycles. The van der Waals surface area contributed by atoms with E-state index in [4.69, 9.17) is 4.74 Å². The Hall–Kier alpha value is -2.61. The smallest absolute Gasteiger partial charge is 0.392 e. The molecule has 0 aromatic heterocycles. The third-order valence-electron chi connectivity index (χ3n) is 12.1. The van der Waals surface area contributed by atoms with Crippen molar-refractivity contribution in [3.8, 4) is 23.0 Å². The van der Waals surface area contributed by atoms with Gasteiger partial charge in [-0.05, 0) is 117 Å². The minimum absolute atomic E-state index is 0.00515. The van der Waals surface area contributed by atoms with E-state index in [2.05, 4.69) is 20.8 Å². The normalized spacial score (nSPS) is 31.5. The fraction of sp³-hybridized carbons (Fsp3) is 0.692. The van der Waals surface area contributed by atoms with Crippen LogP contribution in [0.3, 0.4) is 0 Å². The summed E-state index contributed by atoms with van der Waals surface area (Å²) in [6.07, 6.45) is 2.80. The molecule has 0 amide bonds. The Bertz CT molecular complexity index is 1360. The first kappa shape index (κ1) is 35.7. The summed E-state index contributed by atoms with van der Waals surface area (Å²) in [5.41, 5.74) is 1.98. The van der Waals surface area contributed by atoms with Gasteiger partial charge in [0.15, 0.2) is 0 Å². The summed E-state index contributed by atoms with van der Waals surface area (Å²) in [5, 5.41) is 44.3. The van der Waals surface area contributed by atoms with Crippen molar-refractivity contribution >= 4 is 0 Å². The molecule has 3 fully saturated rings. The Balaban J connectivity index is 1.28. The third-order valence-corrected chi connectivity index (χ3v) is 12.1. The molecule has 262 valence electrons. The first-order valence-electron chi connectivity index (χ1n) is 17.9. The predicted molar refractivity (Wildman–Crippen MR) is 178 cm³/mol. The number of rotatable bonds is 11. The average Bonchev–Trinajstić information content (AvgIpc) is 3.66. The van der Waals surface area contributed by atoms with Crippen molar-refractivity contribution in [2.24, 2.45) is 35.5 Å². The monoisotopic (exact) mass is 660 g/mol. The molecule has 5 rings (SSSR count). The van der Waals surface area contributed by atoms with Crippen LogP contribution in [0.5, 0.6) is 23.0 Å². The highest BCUT2D eigenvalue weighted by Crippen LogP contribution is 2.61. The number of fused-ring (bicyclic) bond motifs is 1. The molecule has 8 heteroatoms. The van der Waals surface area contributed by atoms with E-state index in [0.29, 0.717) is 55.1 Å². The molecule has 3 aliphatic rings. The van der Waals surface area contributed by atoms with Crippen molar-refractivity contribution < 1.29 is 38.3 Å². The number of ether oxygens (including phenoxy) is 1. The van der Waals surface area contributed by atoms with E-state index >= 15 is 0 Å². The lowest BCUT2D eigenvalue weighted by Gasteiger charge is -2.45. The molecule has 2 aliphatic carbocycles. The number of benzene rings is 2. The SMILES string of the molecule is CCCc1cc(O)c(C2C(C(C)CCCCc3cc(O)c(C4C(C(C)C)CCC5(C)OC45)c(O)c3)CCC(C)C2C(F)(F)F)c(O)c1. The minimum atomic E-state index is -4.46. The van der Waals surface area contributed by atoms with Crippen LogP contribution in [-0.4, -0.2) is 38.3 Å². The van der Waals surface area contributed by atoms with E-state index in [-0.39, 0.29) is 58.0 Å². The lowest BCUT2D eigenvalue weighted by Crippen LogP contribution is -2.43. The summed E-state index contributed by atoms with van der Waals surface area (Å²) < 4.78 is 50.0. The van der Waals surface area contributed by atoms with E-state index < -0.39 is 23.9 Å². The van der Waals surface area contributed by atoms with Gasteiger partial charge in [0.1, 0.15) is 23.0 Å². The molecule has 1 saturated heterocycles. The van der Waals surface area contributed by atoms with Crippen molar-refractivity contribution in [2.75, 3.05) is 0 Å². The van der Waals surface area contributed by atoms with Crippen LogP contribution in [-0.2, 0) is 17.6 Å². The van der Waals surface area contributed by atoms with Gasteiger partial charge < -0.3 is 25.2 Å². The number of phenolic OH excluding ortho intramolecular Hbond substituents is 4. The Morgan fingerprint density at radius 1 is 0.809 bits per heavy atom. The van der Waals surface area contributed by atoms with Gasteiger partial charge in [-0.25, -0.2) is 0 Å².